The molecule has 1 heterocycles. The highest BCUT2D eigenvalue weighted by Crippen LogP contribution is 2.21. The number of morpholine rings is 1. The molecule has 0 spiro atoms. The minimum absolute atomic E-state index is 0.138. The molecular formula is C14H23N3O3S. The maximum Gasteiger partial charge on any atom is 0.240 e. The molecule has 1 aliphatic heterocycles. The van der Waals surface area contributed by atoms with Crippen LogP contribution in [0.1, 0.15) is 13.3 Å². The molecule has 3 N–H and O–H groups in total. The van der Waals surface area contributed by atoms with Gasteiger partial charge in [0.1, 0.15) is 0 Å². The van der Waals surface area contributed by atoms with Crippen molar-refractivity contribution >= 4 is 15.7 Å². The molecule has 1 saturated heterocycles. The minimum atomic E-state index is -3.41. The summed E-state index contributed by atoms with van der Waals surface area (Å²) in [6.07, 6.45) is 0.767. The van der Waals surface area contributed by atoms with Gasteiger partial charge < -0.3 is 15.4 Å². The van der Waals surface area contributed by atoms with Crippen LogP contribution >= 0.6 is 0 Å². The Balaban J connectivity index is 2.14. The molecule has 1 atom stereocenters. The number of ether oxygens (including phenoxy) is 1. The lowest BCUT2D eigenvalue weighted by Gasteiger charge is -2.36. The van der Waals surface area contributed by atoms with E-state index in [1.54, 1.807) is 12.1 Å². The van der Waals surface area contributed by atoms with Gasteiger partial charge in [0.05, 0.1) is 24.2 Å². The Hall–Kier alpha value is -1.15. The third-order valence-electron chi connectivity index (χ3n) is 3.52. The number of nitrogens with zero attached hydrogens (tertiary/aromatic N) is 1. The molecule has 6 nitrogen and oxygen atoms in total. The quantitative estimate of drug-likeness (QED) is 0.801. The van der Waals surface area contributed by atoms with Crippen molar-refractivity contribution in [3.05, 3.63) is 24.3 Å². The van der Waals surface area contributed by atoms with Gasteiger partial charge in [0, 0.05) is 25.3 Å². The van der Waals surface area contributed by atoms with Crippen molar-refractivity contribution in [1.29, 1.82) is 0 Å². The molecule has 0 saturated carbocycles. The zero-order chi connectivity index (χ0) is 15.3. The summed E-state index contributed by atoms with van der Waals surface area (Å²) in [5.74, 6) is 0. The first-order chi connectivity index (χ1) is 10.1. The fourth-order valence-electron chi connectivity index (χ4n) is 2.33. The van der Waals surface area contributed by atoms with Gasteiger partial charge in [-0.15, -0.1) is 0 Å². The van der Waals surface area contributed by atoms with Crippen LogP contribution in [-0.2, 0) is 14.8 Å². The molecule has 118 valence electrons. The van der Waals surface area contributed by atoms with Crippen molar-refractivity contribution in [3.8, 4) is 0 Å². The Labute approximate surface area is 126 Å². The molecule has 1 aromatic carbocycles. The summed E-state index contributed by atoms with van der Waals surface area (Å²) in [4.78, 5) is 2.46. The number of rotatable bonds is 6. The van der Waals surface area contributed by atoms with Crippen LogP contribution in [0.5, 0.6) is 0 Å². The number of nitrogens with one attached hydrogen (secondary N) is 1. The summed E-state index contributed by atoms with van der Waals surface area (Å²) in [6.45, 7) is 4.92. The predicted molar refractivity (Wildman–Crippen MR) is 82.9 cm³/mol. The molecule has 1 aromatic rings. The Kier molecular flexibility index (Phi) is 5.58. The largest absolute Gasteiger partial charge is 0.377 e. The second-order valence-electron chi connectivity index (χ2n) is 5.05. The van der Waals surface area contributed by atoms with Crippen molar-refractivity contribution in [2.45, 2.75) is 24.3 Å². The molecule has 1 unspecified atom stereocenters. The van der Waals surface area contributed by atoms with Crippen LogP contribution < -0.4 is 15.4 Å². The lowest BCUT2D eigenvalue weighted by Crippen LogP contribution is -2.49. The van der Waals surface area contributed by atoms with E-state index in [0.29, 0.717) is 26.3 Å². The SMILES string of the molecule is CCCNS(=O)(=O)c1ccc(N2CCOCC2CN)cc1. The summed E-state index contributed by atoms with van der Waals surface area (Å²) in [5.41, 5.74) is 6.73. The van der Waals surface area contributed by atoms with E-state index in [1.807, 2.05) is 19.1 Å². The molecule has 21 heavy (non-hydrogen) atoms. The summed E-state index contributed by atoms with van der Waals surface area (Å²) in [7, 11) is -3.41. The van der Waals surface area contributed by atoms with Gasteiger partial charge >= 0.3 is 0 Å². The fourth-order valence-corrected chi connectivity index (χ4v) is 3.46. The Morgan fingerprint density at radius 3 is 2.71 bits per heavy atom. The third-order valence-corrected chi connectivity index (χ3v) is 5.00. The normalized spacial score (nSPS) is 19.7. The van der Waals surface area contributed by atoms with Crippen molar-refractivity contribution < 1.29 is 13.2 Å². The predicted octanol–water partition coefficient (Wildman–Crippen LogP) is 0.539. The van der Waals surface area contributed by atoms with Crippen molar-refractivity contribution in [2.75, 3.05) is 37.7 Å². The fraction of sp³-hybridized carbons (Fsp3) is 0.571. The molecular weight excluding hydrogens is 290 g/mol. The first kappa shape index (κ1) is 16.2. The van der Waals surface area contributed by atoms with E-state index in [1.165, 1.54) is 0 Å². The van der Waals surface area contributed by atoms with E-state index in [0.717, 1.165) is 18.7 Å². The van der Waals surface area contributed by atoms with E-state index >= 15 is 0 Å². The van der Waals surface area contributed by atoms with Crippen molar-refractivity contribution in [3.63, 3.8) is 0 Å². The number of hydrogen-bond donors (Lipinski definition) is 2. The number of nitrogens with two attached hydrogens (primary N) is 1. The smallest absolute Gasteiger partial charge is 0.240 e. The molecule has 7 heteroatoms. The molecule has 0 amide bonds. The van der Waals surface area contributed by atoms with Crippen LogP contribution in [0.2, 0.25) is 0 Å². The van der Waals surface area contributed by atoms with Crippen LogP contribution in [0, 0.1) is 0 Å². The van der Waals surface area contributed by atoms with Gasteiger partial charge in [-0.1, -0.05) is 6.92 Å². The summed E-state index contributed by atoms with van der Waals surface area (Å²) in [5, 5.41) is 0. The van der Waals surface area contributed by atoms with E-state index in [2.05, 4.69) is 9.62 Å². The van der Waals surface area contributed by atoms with Crippen LogP contribution in [-0.4, -0.2) is 47.3 Å². The van der Waals surface area contributed by atoms with Gasteiger partial charge in [0.25, 0.3) is 0 Å². The third kappa shape index (κ3) is 3.94. The van der Waals surface area contributed by atoms with Gasteiger partial charge in [-0.25, -0.2) is 13.1 Å². The maximum atomic E-state index is 12.0. The average molecular weight is 313 g/mol. The molecule has 1 aliphatic rings. The molecule has 1 fully saturated rings. The lowest BCUT2D eigenvalue weighted by molar-refractivity contribution is 0.0963. The Morgan fingerprint density at radius 2 is 2.10 bits per heavy atom. The minimum Gasteiger partial charge on any atom is -0.377 e. The van der Waals surface area contributed by atoms with Crippen LogP contribution in [0.15, 0.2) is 29.2 Å². The Morgan fingerprint density at radius 1 is 1.38 bits per heavy atom. The van der Waals surface area contributed by atoms with Crippen LogP contribution in [0.4, 0.5) is 5.69 Å². The van der Waals surface area contributed by atoms with Crippen LogP contribution in [0.25, 0.3) is 0 Å². The topological polar surface area (TPSA) is 84.7 Å². The van der Waals surface area contributed by atoms with Gasteiger partial charge in [0.2, 0.25) is 10.0 Å². The molecule has 0 aliphatic carbocycles. The zero-order valence-electron chi connectivity index (χ0n) is 12.3. The van der Waals surface area contributed by atoms with Crippen LogP contribution in [0.3, 0.4) is 0 Å². The number of anilines is 1. The average Bonchev–Trinajstić information content (AvgIpc) is 2.53. The second-order valence-corrected chi connectivity index (χ2v) is 6.82. The monoisotopic (exact) mass is 313 g/mol. The summed E-state index contributed by atoms with van der Waals surface area (Å²) in [6, 6.07) is 7.06. The number of sulfonamides is 1. The molecule has 2 rings (SSSR count). The zero-order valence-corrected chi connectivity index (χ0v) is 13.1. The summed E-state index contributed by atoms with van der Waals surface area (Å²) < 4.78 is 32.1. The first-order valence-corrected chi connectivity index (χ1v) is 8.71. The molecule has 0 aromatic heterocycles. The van der Waals surface area contributed by atoms with E-state index in [9.17, 15) is 8.42 Å². The molecule has 0 bridgehead atoms. The lowest BCUT2D eigenvalue weighted by atomic mass is 10.2. The maximum absolute atomic E-state index is 12.0. The number of benzene rings is 1. The Bertz CT molecular complexity index is 545. The van der Waals surface area contributed by atoms with E-state index < -0.39 is 10.0 Å². The van der Waals surface area contributed by atoms with Crippen molar-refractivity contribution in [2.24, 2.45) is 5.73 Å². The first-order valence-electron chi connectivity index (χ1n) is 7.22. The summed E-state index contributed by atoms with van der Waals surface area (Å²) >= 11 is 0. The second kappa shape index (κ2) is 7.22. The van der Waals surface area contributed by atoms with Gasteiger partial charge in [-0.05, 0) is 30.7 Å². The van der Waals surface area contributed by atoms with Gasteiger partial charge in [-0.2, -0.15) is 0 Å². The van der Waals surface area contributed by atoms with Gasteiger partial charge in [0.15, 0.2) is 0 Å². The van der Waals surface area contributed by atoms with Crippen molar-refractivity contribution in [1.82, 2.24) is 4.72 Å². The number of hydrogen-bond acceptors (Lipinski definition) is 5. The highest BCUT2D eigenvalue weighted by atomic mass is 32.2. The highest BCUT2D eigenvalue weighted by molar-refractivity contribution is 7.89. The molecule has 0 radical (unpaired) electrons. The highest BCUT2D eigenvalue weighted by Gasteiger charge is 2.22. The van der Waals surface area contributed by atoms with Gasteiger partial charge in [-0.3, -0.25) is 0 Å². The van der Waals surface area contributed by atoms with E-state index in [-0.39, 0.29) is 10.9 Å². The standard InChI is InChI=1S/C14H23N3O3S/c1-2-7-16-21(18,19)14-5-3-12(4-6-14)17-8-9-20-11-13(17)10-15/h3-6,13,16H,2,7-11,15H2,1H3. The van der Waals surface area contributed by atoms with E-state index in [4.69, 9.17) is 10.5 Å².